The number of carboxylic acid groups (broad SMARTS) is 1. The fraction of sp³-hybridized carbons (Fsp3) is 0.353. The Morgan fingerprint density at radius 3 is 2.46 bits per heavy atom. The number of aliphatic carboxylic acids is 1. The van der Waals surface area contributed by atoms with Crippen molar-refractivity contribution in [1.29, 1.82) is 0 Å². The molecule has 0 fully saturated rings. The zero-order valence-corrected chi connectivity index (χ0v) is 14.0. The molecule has 0 saturated carbocycles. The number of para-hydroxylation sites is 1. The first-order valence-corrected chi connectivity index (χ1v) is 7.77. The standard InChI is InChI=1S/C17H17F3N2O4/c1-8(2)6-12(16(25)26)21-14(23)10-7-9-4-3-5-11(17(18,19)20)13(9)22-15(10)24/h3-5,7-8,12H,6H2,1-2H3,(H,21,23)(H,22,24)(H,25,26)/t12-/m0/s1. The van der Waals surface area contributed by atoms with E-state index in [2.05, 4.69) is 10.3 Å². The molecule has 26 heavy (non-hydrogen) atoms. The normalized spacial score (nSPS) is 13.0. The van der Waals surface area contributed by atoms with E-state index < -0.39 is 46.3 Å². The summed E-state index contributed by atoms with van der Waals surface area (Å²) in [4.78, 5) is 37.7. The highest BCUT2D eigenvalue weighted by molar-refractivity contribution is 5.99. The van der Waals surface area contributed by atoms with Gasteiger partial charge in [-0.25, -0.2) is 4.79 Å². The Hall–Kier alpha value is -2.84. The van der Waals surface area contributed by atoms with Crippen LogP contribution in [0.3, 0.4) is 0 Å². The molecule has 1 amide bonds. The first kappa shape index (κ1) is 19.5. The highest BCUT2D eigenvalue weighted by Crippen LogP contribution is 2.33. The molecule has 0 aliphatic heterocycles. The van der Waals surface area contributed by atoms with E-state index in [1.54, 1.807) is 13.8 Å². The van der Waals surface area contributed by atoms with Gasteiger partial charge < -0.3 is 15.4 Å². The highest BCUT2D eigenvalue weighted by Gasteiger charge is 2.33. The van der Waals surface area contributed by atoms with Crippen LogP contribution in [0.1, 0.15) is 36.2 Å². The predicted octanol–water partition coefficient (Wildman–Crippen LogP) is 2.78. The predicted molar refractivity (Wildman–Crippen MR) is 87.9 cm³/mol. The number of carboxylic acids is 1. The maximum Gasteiger partial charge on any atom is 0.418 e. The van der Waals surface area contributed by atoms with Gasteiger partial charge >= 0.3 is 12.1 Å². The second-order valence-electron chi connectivity index (χ2n) is 6.27. The third-order valence-corrected chi connectivity index (χ3v) is 3.74. The van der Waals surface area contributed by atoms with Gasteiger partial charge in [0.05, 0.1) is 11.1 Å². The van der Waals surface area contributed by atoms with Gasteiger partial charge in [0.25, 0.3) is 11.5 Å². The fourth-order valence-corrected chi connectivity index (χ4v) is 2.57. The van der Waals surface area contributed by atoms with E-state index in [1.807, 2.05) is 0 Å². The minimum Gasteiger partial charge on any atom is -0.480 e. The summed E-state index contributed by atoms with van der Waals surface area (Å²) in [5.74, 6) is -2.25. The van der Waals surface area contributed by atoms with E-state index in [0.29, 0.717) is 0 Å². The summed E-state index contributed by atoms with van der Waals surface area (Å²) in [5, 5.41) is 11.4. The lowest BCUT2D eigenvalue weighted by Gasteiger charge is -2.16. The van der Waals surface area contributed by atoms with Crippen molar-refractivity contribution in [2.24, 2.45) is 5.92 Å². The lowest BCUT2D eigenvalue weighted by Crippen LogP contribution is -2.43. The minimum absolute atomic E-state index is 0.0142. The Bertz CT molecular complexity index is 903. The SMILES string of the molecule is CC(C)C[C@H](NC(=O)c1cc2cccc(C(F)(F)F)c2[nH]c1=O)C(=O)O. The Balaban J connectivity index is 2.44. The third kappa shape index (κ3) is 4.22. The minimum atomic E-state index is -4.67. The molecule has 0 radical (unpaired) electrons. The van der Waals surface area contributed by atoms with E-state index in [9.17, 15) is 27.6 Å². The number of hydrogen-bond acceptors (Lipinski definition) is 3. The number of hydrogen-bond donors (Lipinski definition) is 3. The molecule has 1 aromatic carbocycles. The number of rotatable bonds is 5. The molecule has 3 N–H and O–H groups in total. The van der Waals surface area contributed by atoms with E-state index in [-0.39, 0.29) is 17.7 Å². The molecule has 1 aromatic heterocycles. The molecule has 1 heterocycles. The van der Waals surface area contributed by atoms with Gasteiger partial charge in [-0.2, -0.15) is 13.2 Å². The van der Waals surface area contributed by atoms with Crippen LogP contribution in [0.4, 0.5) is 13.2 Å². The maximum absolute atomic E-state index is 13.0. The molecule has 0 spiro atoms. The van der Waals surface area contributed by atoms with E-state index in [0.717, 1.165) is 18.2 Å². The van der Waals surface area contributed by atoms with Crippen molar-refractivity contribution in [1.82, 2.24) is 10.3 Å². The van der Waals surface area contributed by atoms with Crippen LogP contribution in [0.15, 0.2) is 29.1 Å². The fourth-order valence-electron chi connectivity index (χ4n) is 2.57. The number of aromatic amines is 1. The number of nitrogens with one attached hydrogen (secondary N) is 2. The van der Waals surface area contributed by atoms with Crippen LogP contribution in [-0.2, 0) is 11.0 Å². The number of amides is 1. The molecule has 0 unspecified atom stereocenters. The summed E-state index contributed by atoms with van der Waals surface area (Å²) >= 11 is 0. The number of fused-ring (bicyclic) bond motifs is 1. The molecule has 0 bridgehead atoms. The second kappa shape index (κ2) is 7.19. The molecular formula is C17H17F3N2O4. The van der Waals surface area contributed by atoms with Gasteiger partial charge in [0, 0.05) is 0 Å². The first-order valence-electron chi connectivity index (χ1n) is 7.77. The van der Waals surface area contributed by atoms with Crippen LogP contribution in [0.5, 0.6) is 0 Å². The van der Waals surface area contributed by atoms with Crippen LogP contribution in [0.2, 0.25) is 0 Å². The largest absolute Gasteiger partial charge is 0.480 e. The molecule has 2 rings (SSSR count). The summed E-state index contributed by atoms with van der Waals surface area (Å²) < 4.78 is 39.1. The van der Waals surface area contributed by atoms with Crippen molar-refractivity contribution in [2.75, 3.05) is 0 Å². The van der Waals surface area contributed by atoms with Crippen molar-refractivity contribution < 1.29 is 27.9 Å². The number of alkyl halides is 3. The number of aromatic nitrogens is 1. The summed E-state index contributed by atoms with van der Waals surface area (Å²) in [6.45, 7) is 3.53. The van der Waals surface area contributed by atoms with E-state index in [4.69, 9.17) is 5.11 Å². The number of benzene rings is 1. The van der Waals surface area contributed by atoms with Crippen LogP contribution in [0.25, 0.3) is 10.9 Å². The number of H-pyrrole nitrogens is 1. The van der Waals surface area contributed by atoms with Gasteiger partial charge in [0.1, 0.15) is 11.6 Å². The number of halogens is 3. The molecular weight excluding hydrogens is 353 g/mol. The first-order chi connectivity index (χ1) is 12.0. The number of carbonyl (C=O) groups is 2. The van der Waals surface area contributed by atoms with Crippen molar-refractivity contribution in [3.63, 3.8) is 0 Å². The van der Waals surface area contributed by atoms with Crippen molar-refractivity contribution in [2.45, 2.75) is 32.5 Å². The molecule has 1 atom stereocenters. The highest BCUT2D eigenvalue weighted by atomic mass is 19.4. The second-order valence-corrected chi connectivity index (χ2v) is 6.27. The quantitative estimate of drug-likeness (QED) is 0.754. The third-order valence-electron chi connectivity index (χ3n) is 3.74. The van der Waals surface area contributed by atoms with Crippen LogP contribution in [-0.4, -0.2) is 28.0 Å². The van der Waals surface area contributed by atoms with Crippen molar-refractivity contribution in [3.8, 4) is 0 Å². The zero-order chi connectivity index (χ0) is 19.6. The van der Waals surface area contributed by atoms with Crippen molar-refractivity contribution in [3.05, 3.63) is 45.7 Å². The average molecular weight is 370 g/mol. The summed E-state index contributed by atoms with van der Waals surface area (Å²) in [5.41, 5.74) is -2.94. The molecule has 2 aromatic rings. The van der Waals surface area contributed by atoms with Crippen LogP contribution < -0.4 is 10.9 Å². The molecule has 0 aliphatic rings. The summed E-state index contributed by atoms with van der Waals surface area (Å²) in [6, 6.07) is 3.11. The van der Waals surface area contributed by atoms with Gasteiger partial charge in [0.2, 0.25) is 0 Å². The topological polar surface area (TPSA) is 99.3 Å². The van der Waals surface area contributed by atoms with E-state index in [1.165, 1.54) is 6.07 Å². The van der Waals surface area contributed by atoms with Gasteiger partial charge in [-0.05, 0) is 29.9 Å². The monoisotopic (exact) mass is 370 g/mol. The molecule has 6 nitrogen and oxygen atoms in total. The van der Waals surface area contributed by atoms with Gasteiger partial charge in [0.15, 0.2) is 0 Å². The maximum atomic E-state index is 13.0. The van der Waals surface area contributed by atoms with Crippen molar-refractivity contribution >= 4 is 22.8 Å². The molecule has 140 valence electrons. The average Bonchev–Trinajstić information content (AvgIpc) is 2.51. The Morgan fingerprint density at radius 2 is 1.92 bits per heavy atom. The number of pyridine rings is 1. The Kier molecular flexibility index (Phi) is 5.38. The van der Waals surface area contributed by atoms with Crippen LogP contribution in [0, 0.1) is 5.92 Å². The summed E-state index contributed by atoms with van der Waals surface area (Å²) in [6.07, 6.45) is -4.53. The zero-order valence-electron chi connectivity index (χ0n) is 14.0. The van der Waals surface area contributed by atoms with E-state index >= 15 is 0 Å². The Labute approximate surface area is 146 Å². The summed E-state index contributed by atoms with van der Waals surface area (Å²) in [7, 11) is 0. The van der Waals surface area contributed by atoms with Gasteiger partial charge in [-0.3, -0.25) is 9.59 Å². The Morgan fingerprint density at radius 1 is 1.27 bits per heavy atom. The van der Waals surface area contributed by atoms with Gasteiger partial charge in [-0.1, -0.05) is 26.0 Å². The van der Waals surface area contributed by atoms with Gasteiger partial charge in [-0.15, -0.1) is 0 Å². The molecule has 0 aliphatic carbocycles. The number of carbonyl (C=O) groups excluding carboxylic acids is 1. The lowest BCUT2D eigenvalue weighted by atomic mass is 10.0. The smallest absolute Gasteiger partial charge is 0.418 e. The molecule has 9 heteroatoms. The lowest BCUT2D eigenvalue weighted by molar-refractivity contribution is -0.139. The molecule has 0 saturated heterocycles. The van der Waals surface area contributed by atoms with Crippen LogP contribution >= 0.6 is 0 Å².